The van der Waals surface area contributed by atoms with Crippen LogP contribution in [0.5, 0.6) is 0 Å². The second kappa shape index (κ2) is 3.60. The van der Waals surface area contributed by atoms with E-state index in [0.29, 0.717) is 10.1 Å². The van der Waals surface area contributed by atoms with Gasteiger partial charge < -0.3 is 0 Å². The van der Waals surface area contributed by atoms with Gasteiger partial charge in [-0.05, 0) is 10.1 Å². The summed E-state index contributed by atoms with van der Waals surface area (Å²) in [4.78, 5) is 0. The van der Waals surface area contributed by atoms with Crippen LogP contribution in [-0.4, -0.2) is 15.2 Å². The van der Waals surface area contributed by atoms with E-state index >= 15 is 0 Å². The van der Waals surface area contributed by atoms with Crippen molar-refractivity contribution >= 4 is 25.6 Å². The highest BCUT2D eigenvalue weighted by molar-refractivity contribution is 7.59. The van der Waals surface area contributed by atoms with Crippen molar-refractivity contribution in [3.05, 3.63) is 24.3 Å². The highest BCUT2D eigenvalue weighted by Gasteiger charge is 2.69. The first-order valence-electron chi connectivity index (χ1n) is 7.08. The quantitative estimate of drug-likeness (QED) is 0.630. The number of hydrogen-bond donors (Lipinski definition) is 0. The van der Waals surface area contributed by atoms with Gasteiger partial charge >= 0.3 is 0 Å². The molecule has 0 N–H and O–H groups in total. The first-order valence-corrected chi connectivity index (χ1v) is 13.1. The lowest BCUT2D eigenvalue weighted by molar-refractivity contribution is 0.704. The Hall–Kier alpha value is -0.346. The maximum atomic E-state index is 2.66. The molecule has 0 saturated carbocycles. The van der Waals surface area contributed by atoms with Gasteiger partial charge in [-0.15, -0.1) is 0 Å². The third-order valence-electron chi connectivity index (χ3n) is 6.00. The van der Waals surface area contributed by atoms with Gasteiger partial charge in [-0.3, -0.25) is 0 Å². The van der Waals surface area contributed by atoms with E-state index in [0.717, 1.165) is 0 Å². The Labute approximate surface area is 115 Å². The van der Waals surface area contributed by atoms with Gasteiger partial charge in [0.25, 0.3) is 0 Å². The predicted octanol–water partition coefficient (Wildman–Crippen LogP) is 3.95. The van der Waals surface area contributed by atoms with Crippen LogP contribution in [0.15, 0.2) is 24.3 Å². The van der Waals surface area contributed by atoms with Gasteiger partial charge in [0.05, 0.1) is 15.2 Å². The molecule has 0 aliphatic carbocycles. The summed E-state index contributed by atoms with van der Waals surface area (Å²) in [5.74, 6) is 0. The van der Waals surface area contributed by atoms with Crippen LogP contribution >= 0.6 is 0 Å². The van der Waals surface area contributed by atoms with E-state index in [1.807, 2.05) is 0 Å². The predicted molar refractivity (Wildman–Crippen MR) is 88.4 cm³/mol. The molecule has 0 fully saturated rings. The first-order chi connectivity index (χ1) is 7.98. The molecule has 0 spiro atoms. The molecule has 0 unspecified atom stereocenters. The second-order valence-electron chi connectivity index (χ2n) is 8.30. The Morgan fingerprint density at radius 3 is 1.17 bits per heavy atom. The lowest BCUT2D eigenvalue weighted by atomic mass is 10.2. The average Bonchev–Trinajstić information content (AvgIpc) is 2.24. The average molecular weight is 277 g/mol. The molecule has 2 rings (SSSR count). The van der Waals surface area contributed by atoms with Crippen molar-refractivity contribution in [3.63, 3.8) is 0 Å². The standard InChI is InChI=1S/C16H28Si2/c1-15(2,3)17(7)13-11-9-10-12-14(13)18(17,8)16(4,5)6/h9-12H,1-8H3/t17-,18+. The van der Waals surface area contributed by atoms with Crippen molar-refractivity contribution in [2.75, 3.05) is 0 Å². The first kappa shape index (κ1) is 14.1. The zero-order valence-electron chi connectivity index (χ0n) is 13.3. The molecule has 2 atom stereocenters. The molecule has 100 valence electrons. The summed E-state index contributed by atoms with van der Waals surface area (Å²) in [5, 5.41) is 4.44. The van der Waals surface area contributed by atoms with E-state index < -0.39 is 15.2 Å². The topological polar surface area (TPSA) is 0 Å². The van der Waals surface area contributed by atoms with E-state index in [-0.39, 0.29) is 0 Å². The summed E-state index contributed by atoms with van der Waals surface area (Å²) in [7, 11) is -2.74. The molecule has 0 bridgehead atoms. The van der Waals surface area contributed by atoms with Crippen LogP contribution in [0, 0.1) is 0 Å². The lowest BCUT2D eigenvalue weighted by Gasteiger charge is -2.66. The molecule has 1 aromatic carbocycles. The van der Waals surface area contributed by atoms with Gasteiger partial charge in [0, 0.05) is 0 Å². The van der Waals surface area contributed by atoms with Gasteiger partial charge in [0.2, 0.25) is 0 Å². The summed E-state index contributed by atoms with van der Waals surface area (Å²) in [6.07, 6.45) is 0. The zero-order chi connectivity index (χ0) is 14.0. The molecule has 1 aromatic rings. The summed E-state index contributed by atoms with van der Waals surface area (Å²) in [6, 6.07) is 9.33. The summed E-state index contributed by atoms with van der Waals surface area (Å²) >= 11 is 0. The van der Waals surface area contributed by atoms with Crippen LogP contribution in [0.1, 0.15) is 41.5 Å². The van der Waals surface area contributed by atoms with Gasteiger partial charge in [-0.1, -0.05) is 89.3 Å². The Morgan fingerprint density at radius 2 is 0.944 bits per heavy atom. The Balaban J connectivity index is 2.75. The smallest absolute Gasteiger partial charge is 0.0665 e. The fourth-order valence-electron chi connectivity index (χ4n) is 4.14. The van der Waals surface area contributed by atoms with Crippen molar-refractivity contribution in [3.8, 4) is 0 Å². The molecule has 0 saturated heterocycles. The molecule has 0 aromatic heterocycles. The minimum Gasteiger partial charge on any atom is -0.0665 e. The van der Waals surface area contributed by atoms with Crippen LogP contribution in [0.3, 0.4) is 0 Å². The van der Waals surface area contributed by atoms with Crippen LogP contribution in [0.4, 0.5) is 0 Å². The van der Waals surface area contributed by atoms with Crippen LogP contribution in [0.25, 0.3) is 0 Å². The van der Waals surface area contributed by atoms with Gasteiger partial charge in [-0.2, -0.15) is 0 Å². The second-order valence-corrected chi connectivity index (χ2v) is 22.9. The largest absolute Gasteiger partial charge is 0.0879 e. The number of benzene rings is 1. The molecule has 1 aliphatic rings. The molecule has 0 nitrogen and oxygen atoms in total. The Bertz CT molecular complexity index is 434. The third-order valence-corrected chi connectivity index (χ3v) is 29.4. The van der Waals surface area contributed by atoms with Crippen LogP contribution in [0.2, 0.25) is 23.2 Å². The van der Waals surface area contributed by atoms with Crippen molar-refractivity contribution in [1.29, 1.82) is 0 Å². The molecule has 2 heteroatoms. The third kappa shape index (κ3) is 1.36. The van der Waals surface area contributed by atoms with E-state index in [2.05, 4.69) is 78.9 Å². The Morgan fingerprint density at radius 1 is 0.667 bits per heavy atom. The maximum Gasteiger partial charge on any atom is 0.0879 e. The van der Waals surface area contributed by atoms with Crippen molar-refractivity contribution < 1.29 is 0 Å². The van der Waals surface area contributed by atoms with Gasteiger partial charge in [-0.25, -0.2) is 0 Å². The molecule has 18 heavy (non-hydrogen) atoms. The van der Waals surface area contributed by atoms with Crippen molar-refractivity contribution in [2.45, 2.75) is 64.7 Å². The van der Waals surface area contributed by atoms with Crippen LogP contribution in [-0.2, 0) is 0 Å². The maximum absolute atomic E-state index is 2.66. The van der Waals surface area contributed by atoms with Gasteiger partial charge in [0.15, 0.2) is 0 Å². The fourth-order valence-corrected chi connectivity index (χ4v) is 26.1. The molecular weight excluding hydrogens is 248 g/mol. The molecule has 1 aliphatic heterocycles. The van der Waals surface area contributed by atoms with E-state index in [4.69, 9.17) is 0 Å². The number of fused-ring (bicyclic) bond motifs is 1. The summed E-state index contributed by atoms with van der Waals surface area (Å²) in [5.41, 5.74) is 0. The molecule has 0 amide bonds. The molecule has 1 heterocycles. The van der Waals surface area contributed by atoms with E-state index in [1.165, 1.54) is 0 Å². The summed E-state index contributed by atoms with van der Waals surface area (Å²) < 4.78 is 0. The molecular formula is C16H28Si2. The van der Waals surface area contributed by atoms with E-state index in [1.54, 1.807) is 10.4 Å². The number of rotatable bonds is 0. The Kier molecular flexibility index (Phi) is 2.82. The van der Waals surface area contributed by atoms with Gasteiger partial charge in [0.1, 0.15) is 0 Å². The van der Waals surface area contributed by atoms with Crippen molar-refractivity contribution in [2.24, 2.45) is 0 Å². The zero-order valence-corrected chi connectivity index (χ0v) is 15.3. The van der Waals surface area contributed by atoms with E-state index in [9.17, 15) is 0 Å². The number of hydrogen-bond acceptors (Lipinski definition) is 0. The SMILES string of the molecule is CC(C)(C)[Si@]1(C)c2ccccc2[Si@]1(C)C(C)(C)C. The minimum absolute atomic E-state index is 0.468. The highest BCUT2D eigenvalue weighted by atomic mass is 29.3. The summed E-state index contributed by atoms with van der Waals surface area (Å²) in [6.45, 7) is 20.2. The fraction of sp³-hybridized carbons (Fsp3) is 0.625. The van der Waals surface area contributed by atoms with Crippen LogP contribution < -0.4 is 10.4 Å². The monoisotopic (exact) mass is 276 g/mol. The molecule has 0 radical (unpaired) electrons. The lowest BCUT2D eigenvalue weighted by Crippen LogP contribution is -2.92. The minimum atomic E-state index is -1.37. The highest BCUT2D eigenvalue weighted by Crippen LogP contribution is 2.54. The normalized spacial score (nSPS) is 31.8. The van der Waals surface area contributed by atoms with Crippen molar-refractivity contribution in [1.82, 2.24) is 0 Å².